The van der Waals surface area contributed by atoms with Crippen molar-refractivity contribution < 1.29 is 4.79 Å². The van der Waals surface area contributed by atoms with Crippen LogP contribution in [0.25, 0.3) is 5.78 Å². The highest BCUT2D eigenvalue weighted by Crippen LogP contribution is 2.24. The minimum Gasteiger partial charge on any atom is -0.302 e. The van der Waals surface area contributed by atoms with E-state index in [2.05, 4.69) is 49.5 Å². The number of fused-ring (bicyclic) bond motifs is 1. The minimum absolute atomic E-state index is 0.0337. The third-order valence-electron chi connectivity index (χ3n) is 5.72. The Morgan fingerprint density at radius 3 is 2.77 bits per heavy atom. The number of anilines is 1. The molecule has 0 spiro atoms. The minimum atomic E-state index is -0.0337. The van der Waals surface area contributed by atoms with E-state index in [1.807, 2.05) is 13.8 Å². The van der Waals surface area contributed by atoms with E-state index in [4.69, 9.17) is 0 Å². The van der Waals surface area contributed by atoms with Gasteiger partial charge in [-0.05, 0) is 44.1 Å². The number of thiazole rings is 1. The van der Waals surface area contributed by atoms with Gasteiger partial charge in [0.25, 0.3) is 5.78 Å². The van der Waals surface area contributed by atoms with Crippen molar-refractivity contribution in [3.63, 3.8) is 0 Å². The molecule has 1 aliphatic rings. The monoisotopic (exact) mass is 427 g/mol. The molecule has 4 heterocycles. The summed E-state index contributed by atoms with van der Waals surface area (Å²) in [7, 11) is 0. The molecule has 1 N–H and O–H groups in total. The molecule has 1 fully saturated rings. The van der Waals surface area contributed by atoms with E-state index in [9.17, 15) is 4.79 Å². The molecule has 0 bridgehead atoms. The Balaban J connectivity index is 1.33. The lowest BCUT2D eigenvalue weighted by Crippen LogP contribution is -2.38. The lowest BCUT2D eigenvalue weighted by Gasteiger charge is -2.34. The van der Waals surface area contributed by atoms with Gasteiger partial charge in [0.1, 0.15) is 6.33 Å². The van der Waals surface area contributed by atoms with Crippen LogP contribution >= 0.6 is 11.3 Å². The maximum Gasteiger partial charge on any atom is 0.252 e. The average Bonchev–Trinajstić information content (AvgIpc) is 3.30. The van der Waals surface area contributed by atoms with Gasteiger partial charge in [0.2, 0.25) is 5.91 Å². The number of aromatic nitrogens is 5. The number of rotatable bonds is 6. The van der Waals surface area contributed by atoms with Crippen LogP contribution in [0, 0.1) is 25.7 Å². The Kier molecular flexibility index (Phi) is 6.10. The fraction of sp³-hybridized carbons (Fsp3) is 0.571. The molecule has 0 aliphatic carbocycles. The zero-order chi connectivity index (χ0) is 21.3. The first-order valence-corrected chi connectivity index (χ1v) is 11.4. The van der Waals surface area contributed by atoms with E-state index in [1.165, 1.54) is 24.1 Å². The summed E-state index contributed by atoms with van der Waals surface area (Å²) in [5, 5.41) is 9.88. The molecule has 1 amide bonds. The van der Waals surface area contributed by atoms with Crippen LogP contribution < -0.4 is 5.32 Å². The lowest BCUT2D eigenvalue weighted by atomic mass is 9.92. The van der Waals surface area contributed by atoms with Crippen LogP contribution in [0.4, 0.5) is 5.13 Å². The topological polar surface area (TPSA) is 88.3 Å². The SMILES string of the molecule is Cc1nc2ncnn2c(C)c1CCC(=O)Nc1nc(CN2CC(C)CC(C)C2)cs1. The molecule has 3 aromatic rings. The number of amides is 1. The summed E-state index contributed by atoms with van der Waals surface area (Å²) in [6.45, 7) is 11.6. The van der Waals surface area contributed by atoms with Crippen molar-refractivity contribution in [2.45, 2.75) is 53.5 Å². The van der Waals surface area contributed by atoms with Gasteiger partial charge in [-0.15, -0.1) is 11.3 Å². The third-order valence-corrected chi connectivity index (χ3v) is 6.53. The Bertz CT molecular complexity index is 1030. The van der Waals surface area contributed by atoms with E-state index in [0.29, 0.717) is 23.8 Å². The zero-order valence-corrected chi connectivity index (χ0v) is 18.9. The summed E-state index contributed by atoms with van der Waals surface area (Å²) < 4.78 is 1.72. The van der Waals surface area contributed by atoms with Gasteiger partial charge in [-0.1, -0.05) is 13.8 Å². The second-order valence-electron chi connectivity index (χ2n) is 8.57. The second-order valence-corrected chi connectivity index (χ2v) is 9.42. The molecule has 4 rings (SSSR count). The van der Waals surface area contributed by atoms with Crippen LogP contribution in [0.2, 0.25) is 0 Å². The van der Waals surface area contributed by atoms with E-state index >= 15 is 0 Å². The summed E-state index contributed by atoms with van der Waals surface area (Å²) in [5.74, 6) is 2.01. The highest BCUT2D eigenvalue weighted by atomic mass is 32.1. The molecule has 3 aromatic heterocycles. The average molecular weight is 428 g/mol. The summed E-state index contributed by atoms with van der Waals surface area (Å²) in [6, 6.07) is 0. The standard InChI is InChI=1S/C21H29N7OS/c1-13-7-14(2)9-27(8-13)10-17-11-30-21(25-17)26-19(29)6-5-18-15(3)24-20-22-12-23-28(20)16(18)4/h11-14H,5-10H2,1-4H3,(H,25,26,29). The van der Waals surface area contributed by atoms with E-state index in [0.717, 1.165) is 54.1 Å². The number of carbonyl (C=O) groups excluding carboxylic acids is 1. The number of aryl methyl sites for hydroxylation is 2. The first kappa shape index (κ1) is 20.9. The molecule has 1 saturated heterocycles. The summed E-state index contributed by atoms with van der Waals surface area (Å²) in [6.07, 6.45) is 3.78. The summed E-state index contributed by atoms with van der Waals surface area (Å²) in [4.78, 5) is 28.2. The first-order valence-electron chi connectivity index (χ1n) is 10.5. The van der Waals surface area contributed by atoms with Gasteiger partial charge in [-0.3, -0.25) is 9.69 Å². The molecule has 0 saturated carbocycles. The van der Waals surface area contributed by atoms with Crippen molar-refractivity contribution in [1.82, 2.24) is 29.5 Å². The maximum atomic E-state index is 12.5. The van der Waals surface area contributed by atoms with Gasteiger partial charge in [0.15, 0.2) is 5.13 Å². The zero-order valence-electron chi connectivity index (χ0n) is 18.1. The number of hydrogen-bond donors (Lipinski definition) is 1. The van der Waals surface area contributed by atoms with Crippen LogP contribution in [0.1, 0.15) is 49.3 Å². The van der Waals surface area contributed by atoms with Gasteiger partial charge < -0.3 is 5.32 Å². The highest BCUT2D eigenvalue weighted by Gasteiger charge is 2.22. The first-order chi connectivity index (χ1) is 14.4. The Labute approximate surface area is 180 Å². The highest BCUT2D eigenvalue weighted by molar-refractivity contribution is 7.13. The van der Waals surface area contributed by atoms with Gasteiger partial charge in [0, 0.05) is 42.8 Å². The van der Waals surface area contributed by atoms with Gasteiger partial charge in [-0.2, -0.15) is 10.1 Å². The molecule has 8 nitrogen and oxygen atoms in total. The molecule has 0 radical (unpaired) electrons. The fourth-order valence-corrected chi connectivity index (χ4v) is 5.24. The van der Waals surface area contributed by atoms with Crippen LogP contribution in [-0.4, -0.2) is 48.5 Å². The van der Waals surface area contributed by atoms with Crippen molar-refractivity contribution in [2.75, 3.05) is 18.4 Å². The van der Waals surface area contributed by atoms with Crippen molar-refractivity contribution >= 4 is 28.2 Å². The van der Waals surface area contributed by atoms with Gasteiger partial charge in [-0.25, -0.2) is 14.5 Å². The molecule has 160 valence electrons. The number of hydrogen-bond acceptors (Lipinski definition) is 7. The second kappa shape index (κ2) is 8.77. The lowest BCUT2D eigenvalue weighted by molar-refractivity contribution is -0.116. The summed E-state index contributed by atoms with van der Waals surface area (Å²) in [5.41, 5.74) is 3.94. The normalized spacial score (nSPS) is 20.0. The molecule has 2 unspecified atom stereocenters. The maximum absolute atomic E-state index is 12.5. The molecule has 30 heavy (non-hydrogen) atoms. The van der Waals surface area contributed by atoms with Crippen molar-refractivity contribution in [3.05, 3.63) is 34.4 Å². The molecular formula is C21H29N7OS. The Hall–Kier alpha value is -2.39. The van der Waals surface area contributed by atoms with Crippen LogP contribution in [0.5, 0.6) is 0 Å². The van der Waals surface area contributed by atoms with Crippen molar-refractivity contribution in [3.8, 4) is 0 Å². The number of carbonyl (C=O) groups is 1. The molecular weight excluding hydrogens is 398 g/mol. The molecule has 0 aromatic carbocycles. The van der Waals surface area contributed by atoms with Crippen LogP contribution in [0.3, 0.4) is 0 Å². The molecule has 2 atom stereocenters. The van der Waals surface area contributed by atoms with Crippen LogP contribution in [0.15, 0.2) is 11.7 Å². The van der Waals surface area contributed by atoms with Gasteiger partial charge in [0.05, 0.1) is 5.69 Å². The van der Waals surface area contributed by atoms with Crippen molar-refractivity contribution in [1.29, 1.82) is 0 Å². The Morgan fingerprint density at radius 1 is 1.23 bits per heavy atom. The quantitative estimate of drug-likeness (QED) is 0.650. The predicted octanol–water partition coefficient (Wildman–Crippen LogP) is 3.25. The Morgan fingerprint density at radius 2 is 2.00 bits per heavy atom. The van der Waals surface area contributed by atoms with E-state index < -0.39 is 0 Å². The fourth-order valence-electron chi connectivity index (χ4n) is 4.52. The number of nitrogens with zero attached hydrogens (tertiary/aromatic N) is 6. The third kappa shape index (κ3) is 4.67. The van der Waals surface area contributed by atoms with E-state index in [1.54, 1.807) is 4.52 Å². The number of likely N-dealkylation sites (tertiary alicyclic amines) is 1. The number of nitrogens with one attached hydrogen (secondary N) is 1. The smallest absolute Gasteiger partial charge is 0.252 e. The predicted molar refractivity (Wildman–Crippen MR) is 118 cm³/mol. The summed E-state index contributed by atoms with van der Waals surface area (Å²) >= 11 is 1.49. The van der Waals surface area contributed by atoms with Gasteiger partial charge >= 0.3 is 0 Å². The van der Waals surface area contributed by atoms with Crippen molar-refractivity contribution in [2.24, 2.45) is 11.8 Å². The largest absolute Gasteiger partial charge is 0.302 e. The molecule has 9 heteroatoms. The molecule has 1 aliphatic heterocycles. The number of piperidine rings is 1. The van der Waals surface area contributed by atoms with E-state index in [-0.39, 0.29) is 5.91 Å². The van der Waals surface area contributed by atoms with Crippen LogP contribution in [-0.2, 0) is 17.8 Å².